The van der Waals surface area contributed by atoms with Crippen LogP contribution in [-0.2, 0) is 85.4 Å². The van der Waals surface area contributed by atoms with Crippen LogP contribution in [0.2, 0.25) is 0 Å². The lowest BCUT2D eigenvalue weighted by molar-refractivity contribution is -0.404. The van der Waals surface area contributed by atoms with E-state index in [0.29, 0.717) is 30.6 Å². The average molecular weight is 1720 g/mol. The third-order valence-corrected chi connectivity index (χ3v) is 29.0. The second-order valence-electron chi connectivity index (χ2n) is 36.5. The van der Waals surface area contributed by atoms with Gasteiger partial charge in [-0.3, -0.25) is 9.59 Å². The van der Waals surface area contributed by atoms with Gasteiger partial charge < -0.3 is 178 Å². The standard InChI is InChI=1S/C81H122O39/c1-31-46(87)51(92)56(97)68(107-31)116-63-60(101)72(109-33(3)61(63)115-67-55(96)50(91)42(29-106-67)113-70-58(99)53(94)48(89)40(27-82)111-70)118-65-64(117-69-57(98)52(93)47(88)32(2)108-69)62(114-45(86)18-13-35-11-14-36(105-10)15-12-35)34(4)110-73(65)120-75(104)80-22-21-76(5,6)25-38(80)37-16-17-43-77(7)26-39(85)66(119-71-59(100)54(95)49(90)41(28-83)112-71)79(9,74(102)103)44(77)19-20-78(43,8)81(37,30-84)24-23-80/h11-16,18,31-34,38-44,46-73,82-85,87-101H,17,19-30H2,1-10H3,(H,102,103)/b18-13+. The Balaban J connectivity index is 0.854. The Hall–Kier alpha value is -4.37. The van der Waals surface area contributed by atoms with E-state index in [1.54, 1.807) is 24.3 Å². The summed E-state index contributed by atoms with van der Waals surface area (Å²) in [4.78, 5) is 45.2. The molecule has 44 atom stereocenters. The molecule has 4 saturated carbocycles. The molecule has 0 amide bonds. The summed E-state index contributed by atoms with van der Waals surface area (Å²) in [6.07, 6.45) is -59.1. The fraction of sp³-hybridized carbons (Fsp3) is 0.840. The number of ether oxygens (including phenoxy) is 16. The van der Waals surface area contributed by atoms with Gasteiger partial charge in [-0.1, -0.05) is 51.5 Å². The third kappa shape index (κ3) is 16.6. The van der Waals surface area contributed by atoms with Crippen LogP contribution >= 0.6 is 0 Å². The minimum atomic E-state index is -2.30. The quantitative estimate of drug-likeness (QED) is 0.0225. The van der Waals surface area contributed by atoms with Crippen LogP contribution < -0.4 is 4.74 Å². The molecule has 0 bridgehead atoms. The Bertz CT molecular complexity index is 3740. The number of hydrogen-bond donors (Lipinski definition) is 20. The number of carboxylic acid groups (broad SMARTS) is 1. The molecule has 680 valence electrons. The van der Waals surface area contributed by atoms with Crippen molar-refractivity contribution in [3.05, 3.63) is 47.6 Å². The summed E-state index contributed by atoms with van der Waals surface area (Å²) in [5.74, 6) is -4.72. The van der Waals surface area contributed by atoms with E-state index in [-0.39, 0.29) is 38.5 Å². The van der Waals surface area contributed by atoms with E-state index in [0.717, 1.165) is 11.6 Å². The fourth-order valence-corrected chi connectivity index (χ4v) is 21.9. The van der Waals surface area contributed by atoms with Gasteiger partial charge in [0.2, 0.25) is 6.29 Å². The van der Waals surface area contributed by atoms with Gasteiger partial charge in [0.1, 0.15) is 140 Å². The summed E-state index contributed by atoms with van der Waals surface area (Å²) >= 11 is 0. The lowest BCUT2D eigenvalue weighted by Crippen LogP contribution is -2.71. The first-order valence-electron chi connectivity index (χ1n) is 41.4. The number of fused-ring (bicyclic) bond motifs is 7. The lowest BCUT2D eigenvalue weighted by atomic mass is 9.33. The Morgan fingerprint density at radius 2 is 0.983 bits per heavy atom. The minimum absolute atomic E-state index is 0.0380. The van der Waals surface area contributed by atoms with Crippen molar-refractivity contribution in [1.82, 2.24) is 0 Å². The largest absolute Gasteiger partial charge is 0.497 e. The zero-order chi connectivity index (χ0) is 87.4. The molecular weight excluding hydrogens is 1600 g/mol. The first-order valence-corrected chi connectivity index (χ1v) is 41.4. The molecule has 7 heterocycles. The van der Waals surface area contributed by atoms with Crippen LogP contribution in [0.15, 0.2) is 42.0 Å². The molecule has 5 aliphatic carbocycles. The van der Waals surface area contributed by atoms with Gasteiger partial charge in [-0.15, -0.1) is 0 Å². The van der Waals surface area contributed by atoms with Crippen molar-refractivity contribution in [2.24, 2.45) is 50.2 Å². The maximum absolute atomic E-state index is 16.7. The van der Waals surface area contributed by atoms with E-state index in [1.165, 1.54) is 47.8 Å². The number of allylic oxidation sites excluding steroid dienone is 1. The maximum Gasteiger partial charge on any atom is 0.331 e. The second-order valence-corrected chi connectivity index (χ2v) is 36.5. The van der Waals surface area contributed by atoms with Gasteiger partial charge in [-0.25, -0.2) is 4.79 Å². The highest BCUT2D eigenvalue weighted by atomic mass is 16.8. The van der Waals surface area contributed by atoms with E-state index in [9.17, 15) is 112 Å². The Kier molecular flexibility index (Phi) is 28.0. The Labute approximate surface area is 692 Å². The summed E-state index contributed by atoms with van der Waals surface area (Å²) in [5.41, 5.74) is -5.75. The first-order chi connectivity index (χ1) is 56.5. The van der Waals surface area contributed by atoms with Gasteiger partial charge in [-0.2, -0.15) is 0 Å². The number of carboxylic acids is 1. The fourth-order valence-electron chi connectivity index (χ4n) is 21.9. The zero-order valence-corrected chi connectivity index (χ0v) is 68.5. The number of aliphatic hydroxyl groups is 19. The van der Waals surface area contributed by atoms with E-state index in [2.05, 4.69) is 6.92 Å². The highest BCUT2D eigenvalue weighted by molar-refractivity contribution is 5.87. The average Bonchev–Trinajstić information content (AvgIpc) is 0.664. The summed E-state index contributed by atoms with van der Waals surface area (Å²) in [5, 5.41) is 225. The van der Waals surface area contributed by atoms with Crippen LogP contribution in [-0.4, -0.2) is 375 Å². The number of carbonyl (C=O) groups is 3. The molecule has 0 radical (unpaired) electrons. The van der Waals surface area contributed by atoms with Crippen LogP contribution in [0.3, 0.4) is 0 Å². The highest BCUT2D eigenvalue weighted by Crippen LogP contribution is 2.76. The van der Waals surface area contributed by atoms with E-state index >= 15 is 4.79 Å². The molecule has 39 nitrogen and oxygen atoms in total. The van der Waals surface area contributed by atoms with Crippen LogP contribution in [0, 0.1) is 50.2 Å². The normalized spacial score (nSPS) is 50.9. The molecule has 13 rings (SSSR count). The molecule has 7 saturated heterocycles. The van der Waals surface area contributed by atoms with Gasteiger partial charge >= 0.3 is 17.9 Å². The van der Waals surface area contributed by atoms with Crippen molar-refractivity contribution in [2.45, 2.75) is 341 Å². The number of rotatable bonds is 22. The SMILES string of the molecule is COc1ccc(/C=C/C(=O)OC2C(C)OC(OC(=O)C34CCC(C)(C)CC3C3=CCC5C6(C)CC(O)C(OC7OC(CO)C(O)C(O)C7O)C(C)(C(=O)O)C6CCC5(C)C3(CO)CC4)C(OC3OC(C)C(OC4OCC(OC5OC(CO)C(O)C(O)C5O)C(O)C4O)C(OC4OC(C)C(O)C(O)C4O)C3O)C2OC2OC(C)C(O)C(O)C2O)cc1. The number of carbonyl (C=O) groups excluding carboxylic acids is 2. The van der Waals surface area contributed by atoms with Crippen molar-refractivity contribution in [3.63, 3.8) is 0 Å². The number of methoxy groups -OCH3 is 1. The molecule has 1 aromatic rings. The van der Waals surface area contributed by atoms with Crippen molar-refractivity contribution < 1.29 is 192 Å². The highest BCUT2D eigenvalue weighted by Gasteiger charge is 2.74. The molecule has 1 aromatic carbocycles. The number of benzene rings is 1. The van der Waals surface area contributed by atoms with E-state index in [4.69, 9.17) is 75.8 Å². The minimum Gasteiger partial charge on any atom is -0.497 e. The first kappa shape index (κ1) is 93.3. The lowest BCUT2D eigenvalue weighted by Gasteiger charge is -2.71. The summed E-state index contributed by atoms with van der Waals surface area (Å²) in [7, 11) is 1.47. The Morgan fingerprint density at radius 1 is 0.483 bits per heavy atom. The van der Waals surface area contributed by atoms with Crippen molar-refractivity contribution >= 4 is 24.0 Å². The molecule has 39 heteroatoms. The van der Waals surface area contributed by atoms with Gasteiger partial charge in [0, 0.05) is 11.5 Å². The van der Waals surface area contributed by atoms with Crippen LogP contribution in [0.1, 0.15) is 126 Å². The smallest absolute Gasteiger partial charge is 0.331 e. The Morgan fingerprint density at radius 3 is 1.55 bits per heavy atom. The molecule has 7 aliphatic heterocycles. The molecular formula is C81H122O39. The molecule has 0 spiro atoms. The maximum atomic E-state index is 16.7. The molecule has 12 aliphatic rings. The predicted octanol–water partition coefficient (Wildman–Crippen LogP) is -4.53. The number of hydrogen-bond acceptors (Lipinski definition) is 38. The van der Waals surface area contributed by atoms with E-state index < -0.39 is 316 Å². The number of aliphatic hydroxyl groups excluding tert-OH is 19. The predicted molar refractivity (Wildman–Crippen MR) is 400 cm³/mol. The van der Waals surface area contributed by atoms with Crippen molar-refractivity contribution in [1.29, 1.82) is 0 Å². The number of esters is 2. The molecule has 11 fully saturated rings. The summed E-state index contributed by atoms with van der Waals surface area (Å²) in [6.45, 7) is 12.3. The van der Waals surface area contributed by atoms with Crippen LogP contribution in [0.5, 0.6) is 5.75 Å². The van der Waals surface area contributed by atoms with Crippen LogP contribution in [0.25, 0.3) is 6.08 Å². The third-order valence-electron chi connectivity index (χ3n) is 29.0. The summed E-state index contributed by atoms with van der Waals surface area (Å²) in [6, 6.07) is 6.57. The number of aliphatic carboxylic acids is 1. The van der Waals surface area contributed by atoms with Gasteiger partial charge in [0.15, 0.2) is 49.9 Å². The topological polar surface area (TPSA) is 603 Å². The molecule has 20 N–H and O–H groups in total. The van der Waals surface area contributed by atoms with Gasteiger partial charge in [0.25, 0.3) is 0 Å². The van der Waals surface area contributed by atoms with Crippen molar-refractivity contribution in [2.75, 3.05) is 33.5 Å². The molecule has 120 heavy (non-hydrogen) atoms. The van der Waals surface area contributed by atoms with Gasteiger partial charge in [-0.05, 0) is 150 Å². The second kappa shape index (κ2) is 36.0. The molecule has 44 unspecified atom stereocenters. The van der Waals surface area contributed by atoms with Crippen molar-refractivity contribution in [3.8, 4) is 5.75 Å². The monoisotopic (exact) mass is 1720 g/mol. The zero-order valence-electron chi connectivity index (χ0n) is 68.5. The molecule has 0 aromatic heterocycles. The van der Waals surface area contributed by atoms with Crippen LogP contribution in [0.4, 0.5) is 0 Å². The van der Waals surface area contributed by atoms with Gasteiger partial charge in [0.05, 0.1) is 74.9 Å². The summed E-state index contributed by atoms with van der Waals surface area (Å²) < 4.78 is 99.1. The van der Waals surface area contributed by atoms with E-state index in [1.807, 2.05) is 26.8 Å².